The minimum absolute atomic E-state index is 0.00765. The van der Waals surface area contributed by atoms with Crippen molar-refractivity contribution < 1.29 is 33.4 Å². The molecule has 0 spiro atoms. The van der Waals surface area contributed by atoms with Gasteiger partial charge in [-0.05, 0) is 81.0 Å². The van der Waals surface area contributed by atoms with Gasteiger partial charge in [-0.25, -0.2) is 0 Å². The summed E-state index contributed by atoms with van der Waals surface area (Å²) in [4.78, 5) is 61.2. The van der Waals surface area contributed by atoms with Gasteiger partial charge in [-0.15, -0.1) is 0 Å². The highest BCUT2D eigenvalue weighted by molar-refractivity contribution is 5.84. The molecule has 4 amide bonds. The molecule has 3 unspecified atom stereocenters. The van der Waals surface area contributed by atoms with Crippen molar-refractivity contribution in [1.29, 1.82) is 0 Å². The number of rotatable bonds is 20. The Kier molecular flexibility index (Phi) is 15.6. The fraction of sp³-hybridized carbons (Fsp3) is 0.762. The zero-order valence-electron chi connectivity index (χ0n) is 35.1. The number of piperidine rings is 1. The number of methoxy groups -OCH3 is 3. The zero-order chi connectivity index (χ0) is 40.8. The van der Waals surface area contributed by atoms with E-state index in [4.69, 9.17) is 25.7 Å². The number of nitrogens with zero attached hydrogens (tertiary/aromatic N) is 3. The molecule has 1 aliphatic carbocycles. The number of nitrogens with two attached hydrogens (primary N) is 2. The highest BCUT2D eigenvalue weighted by atomic mass is 16.5. The predicted molar refractivity (Wildman–Crippen MR) is 214 cm³/mol. The molecular weight excluding hydrogens is 700 g/mol. The van der Waals surface area contributed by atoms with E-state index in [2.05, 4.69) is 37.9 Å². The molecule has 1 aromatic carbocycles. The first kappa shape index (κ1) is 44.5. The molecule has 2 heterocycles. The predicted octanol–water partition coefficient (Wildman–Crippen LogP) is 3.47. The van der Waals surface area contributed by atoms with Crippen molar-refractivity contribution in [2.24, 2.45) is 35.3 Å². The maximum atomic E-state index is 14.8. The third kappa shape index (κ3) is 9.48. The first-order chi connectivity index (χ1) is 26.1. The molecule has 4 rings (SSSR count). The van der Waals surface area contributed by atoms with E-state index in [9.17, 15) is 19.2 Å². The van der Waals surface area contributed by atoms with E-state index in [0.717, 1.165) is 37.7 Å². The van der Waals surface area contributed by atoms with Gasteiger partial charge in [0.2, 0.25) is 23.6 Å². The van der Waals surface area contributed by atoms with Gasteiger partial charge in [-0.1, -0.05) is 53.2 Å². The van der Waals surface area contributed by atoms with E-state index in [1.165, 1.54) is 0 Å². The molecular formula is C42H70N6O7. The van der Waals surface area contributed by atoms with Crippen LogP contribution >= 0.6 is 0 Å². The van der Waals surface area contributed by atoms with E-state index in [-0.39, 0.29) is 77.9 Å². The Labute approximate surface area is 329 Å². The number of benzene rings is 1. The largest absolute Gasteiger partial charge is 0.399 e. The molecule has 2 bridgehead atoms. The van der Waals surface area contributed by atoms with Crippen LogP contribution in [0.2, 0.25) is 0 Å². The maximum absolute atomic E-state index is 14.8. The number of hydrogen-bond donors (Lipinski definition) is 3. The van der Waals surface area contributed by atoms with E-state index < -0.39 is 23.7 Å². The molecule has 0 aromatic heterocycles. The van der Waals surface area contributed by atoms with Gasteiger partial charge in [-0.2, -0.15) is 0 Å². The Hall–Kier alpha value is -3.26. The SMILES string of the molecule is CC[C@H](C)[C@@H]([C@@H](CC(=O)N1CCC[C@H]1[C@H](OC)[C@@H](C)C(=O)N[C@H](COC)Cc1cccc(N)c1)OC)N(C)C(=O)[C@@H](C(C)C)C12CCC(C1)C(C(N)=O)N2C. The average Bonchev–Trinajstić information content (AvgIpc) is 3.86. The van der Waals surface area contributed by atoms with Crippen molar-refractivity contribution in [2.75, 3.05) is 54.3 Å². The molecule has 0 radical (unpaired) electrons. The molecule has 55 heavy (non-hydrogen) atoms. The molecule has 13 heteroatoms. The van der Waals surface area contributed by atoms with E-state index in [1.54, 1.807) is 21.3 Å². The first-order valence-corrected chi connectivity index (χ1v) is 20.3. The number of carbonyl (C=O) groups is 4. The number of likely N-dealkylation sites (N-methyl/N-ethyl adjacent to an activating group) is 2. The van der Waals surface area contributed by atoms with E-state index in [1.807, 2.05) is 55.1 Å². The van der Waals surface area contributed by atoms with Crippen LogP contribution in [0.25, 0.3) is 0 Å². The van der Waals surface area contributed by atoms with Crippen molar-refractivity contribution in [3.8, 4) is 0 Å². The van der Waals surface area contributed by atoms with Gasteiger partial charge in [-0.3, -0.25) is 24.1 Å². The van der Waals surface area contributed by atoms with E-state index in [0.29, 0.717) is 31.7 Å². The van der Waals surface area contributed by atoms with Crippen molar-refractivity contribution in [1.82, 2.24) is 20.0 Å². The summed E-state index contributed by atoms with van der Waals surface area (Å²) in [6, 6.07) is 6.26. The summed E-state index contributed by atoms with van der Waals surface area (Å²) < 4.78 is 17.6. The molecule has 2 saturated heterocycles. The Morgan fingerprint density at radius 2 is 1.78 bits per heavy atom. The van der Waals surface area contributed by atoms with Crippen LogP contribution in [0.15, 0.2) is 24.3 Å². The molecule has 13 nitrogen and oxygen atoms in total. The summed E-state index contributed by atoms with van der Waals surface area (Å²) in [5, 5.41) is 3.15. The minimum atomic E-state index is -0.567. The van der Waals surface area contributed by atoms with Gasteiger partial charge < -0.3 is 40.8 Å². The first-order valence-electron chi connectivity index (χ1n) is 20.3. The van der Waals surface area contributed by atoms with Crippen LogP contribution in [0.1, 0.15) is 85.1 Å². The van der Waals surface area contributed by atoms with Gasteiger partial charge in [0.05, 0.1) is 61.2 Å². The molecule has 3 aliphatic rings. The second kappa shape index (κ2) is 19.3. The lowest BCUT2D eigenvalue weighted by molar-refractivity contribution is -0.153. The third-order valence-corrected chi connectivity index (χ3v) is 13.3. The minimum Gasteiger partial charge on any atom is -0.399 e. The molecule has 5 N–H and O–H groups in total. The summed E-state index contributed by atoms with van der Waals surface area (Å²) in [7, 11) is 8.61. The summed E-state index contributed by atoms with van der Waals surface area (Å²) in [5.74, 6) is -1.30. The van der Waals surface area contributed by atoms with Crippen LogP contribution in [0, 0.1) is 29.6 Å². The molecule has 310 valence electrons. The number of amides is 4. The van der Waals surface area contributed by atoms with Crippen molar-refractivity contribution >= 4 is 29.3 Å². The number of carbonyl (C=O) groups excluding carboxylic acids is 4. The van der Waals surface area contributed by atoms with Crippen LogP contribution < -0.4 is 16.8 Å². The lowest BCUT2D eigenvalue weighted by atomic mass is 9.74. The monoisotopic (exact) mass is 771 g/mol. The number of ether oxygens (including phenoxy) is 3. The Morgan fingerprint density at radius 3 is 2.35 bits per heavy atom. The molecule has 1 saturated carbocycles. The van der Waals surface area contributed by atoms with Crippen molar-refractivity contribution in [3.05, 3.63) is 29.8 Å². The fourth-order valence-corrected chi connectivity index (χ4v) is 10.6. The topological polar surface area (TPSA) is 170 Å². The average molecular weight is 771 g/mol. The van der Waals surface area contributed by atoms with Crippen LogP contribution in [-0.2, 0) is 39.8 Å². The summed E-state index contributed by atoms with van der Waals surface area (Å²) in [6.45, 7) is 11.1. The highest BCUT2D eigenvalue weighted by Crippen LogP contribution is 2.55. The number of fused-ring (bicyclic) bond motifs is 2. The molecule has 3 fully saturated rings. The number of hydrogen-bond acceptors (Lipinski definition) is 9. The lowest BCUT2D eigenvalue weighted by Crippen LogP contribution is -2.61. The van der Waals surface area contributed by atoms with Crippen LogP contribution in [0.3, 0.4) is 0 Å². The maximum Gasteiger partial charge on any atom is 0.235 e. The Balaban J connectivity index is 1.50. The smallest absolute Gasteiger partial charge is 0.235 e. The number of anilines is 1. The van der Waals surface area contributed by atoms with E-state index >= 15 is 0 Å². The number of likely N-dealkylation sites (tertiary alicyclic amines) is 2. The highest BCUT2D eigenvalue weighted by Gasteiger charge is 2.62. The van der Waals surface area contributed by atoms with Gasteiger partial charge in [0.15, 0.2) is 0 Å². The Morgan fingerprint density at radius 1 is 1.07 bits per heavy atom. The van der Waals surface area contributed by atoms with Crippen LogP contribution in [0.5, 0.6) is 0 Å². The fourth-order valence-electron chi connectivity index (χ4n) is 10.6. The standard InChI is InChI=1S/C42H70N6O7/c1-11-26(4)36(46(6)41(52)35(25(2)3)42-18-17-29(23-42)37(39(44)50)47(42)7)33(54-9)22-34(49)48-19-13-16-32(48)38(55-10)27(5)40(51)45-31(24-53-8)21-28-14-12-15-30(43)20-28/h12,14-15,20,25-27,29,31-33,35-38H,11,13,16-19,21-24,43H2,1-10H3,(H2,44,50)(H,45,51)/t26-,27+,29?,31-,32-,33+,35+,36-,37?,38+,42?/m0/s1. The molecule has 2 aliphatic heterocycles. The number of primary amides is 1. The summed E-state index contributed by atoms with van der Waals surface area (Å²) >= 11 is 0. The second-order valence-electron chi connectivity index (χ2n) is 17.0. The second-order valence-corrected chi connectivity index (χ2v) is 17.0. The quantitative estimate of drug-likeness (QED) is 0.168. The molecule has 1 aromatic rings. The van der Waals surface area contributed by atoms with Crippen LogP contribution in [-0.4, -0.2) is 129 Å². The normalized spacial score (nSPS) is 26.3. The van der Waals surface area contributed by atoms with Crippen molar-refractivity contribution in [3.63, 3.8) is 0 Å². The lowest BCUT2D eigenvalue weighted by Gasteiger charge is -2.48. The van der Waals surface area contributed by atoms with Gasteiger partial charge in [0.25, 0.3) is 0 Å². The number of nitrogen functional groups attached to an aromatic ring is 1. The van der Waals surface area contributed by atoms with Crippen molar-refractivity contribution in [2.45, 2.75) is 128 Å². The molecule has 11 atom stereocenters. The number of nitrogens with one attached hydrogen (secondary N) is 1. The zero-order valence-corrected chi connectivity index (χ0v) is 35.1. The summed E-state index contributed by atoms with van der Waals surface area (Å²) in [5.41, 5.74) is 13.1. The summed E-state index contributed by atoms with van der Waals surface area (Å²) in [6.07, 6.45) is 4.28. The van der Waals surface area contributed by atoms with Gasteiger partial charge in [0.1, 0.15) is 0 Å². The van der Waals surface area contributed by atoms with Gasteiger partial charge in [0, 0.05) is 46.1 Å². The van der Waals surface area contributed by atoms with Crippen LogP contribution in [0.4, 0.5) is 5.69 Å². The Bertz CT molecular complexity index is 1480. The van der Waals surface area contributed by atoms with Gasteiger partial charge >= 0.3 is 0 Å². The third-order valence-electron chi connectivity index (χ3n) is 13.3.